The Morgan fingerprint density at radius 2 is 2.31 bits per heavy atom. The zero-order valence-electron chi connectivity index (χ0n) is 9.75. The molecular weight excluding hydrogens is 264 g/mol. The maximum absolute atomic E-state index is 5.61. The van der Waals surface area contributed by atoms with Gasteiger partial charge < -0.3 is 10.6 Å². The molecule has 0 spiro atoms. The van der Waals surface area contributed by atoms with Gasteiger partial charge in [0, 0.05) is 29.2 Å². The molecule has 0 aliphatic carbocycles. The standard InChI is InChI=1S/C13H19BrN2/c1-2-16-9-10(5-4-8-15)13-11(14)6-3-7-12(13)16/h3,6-7,10H,2,4-5,8-9,15H2,1H3. The monoisotopic (exact) mass is 282 g/mol. The molecule has 1 aliphatic rings. The van der Waals surface area contributed by atoms with Gasteiger partial charge in [0.2, 0.25) is 0 Å². The predicted molar refractivity (Wildman–Crippen MR) is 73.1 cm³/mol. The largest absolute Gasteiger partial charge is 0.371 e. The third-order valence-electron chi connectivity index (χ3n) is 3.36. The van der Waals surface area contributed by atoms with E-state index in [-0.39, 0.29) is 0 Å². The Morgan fingerprint density at radius 1 is 1.50 bits per heavy atom. The average molecular weight is 283 g/mol. The Balaban J connectivity index is 2.28. The summed E-state index contributed by atoms with van der Waals surface area (Å²) in [4.78, 5) is 2.46. The summed E-state index contributed by atoms with van der Waals surface area (Å²) in [6.45, 7) is 5.25. The van der Waals surface area contributed by atoms with Gasteiger partial charge in [-0.05, 0) is 44.0 Å². The first-order valence-corrected chi connectivity index (χ1v) is 6.80. The first-order valence-electron chi connectivity index (χ1n) is 6.01. The van der Waals surface area contributed by atoms with Gasteiger partial charge in [-0.25, -0.2) is 0 Å². The molecule has 0 radical (unpaired) electrons. The summed E-state index contributed by atoms with van der Waals surface area (Å²) in [5, 5.41) is 0. The van der Waals surface area contributed by atoms with E-state index in [9.17, 15) is 0 Å². The van der Waals surface area contributed by atoms with E-state index in [4.69, 9.17) is 5.73 Å². The summed E-state index contributed by atoms with van der Waals surface area (Å²) in [5.74, 6) is 0.647. The number of halogens is 1. The highest BCUT2D eigenvalue weighted by Gasteiger charge is 2.28. The van der Waals surface area contributed by atoms with E-state index in [1.54, 1.807) is 0 Å². The van der Waals surface area contributed by atoms with Crippen LogP contribution in [0.1, 0.15) is 31.2 Å². The van der Waals surface area contributed by atoms with Crippen LogP contribution in [0.4, 0.5) is 5.69 Å². The first-order chi connectivity index (χ1) is 7.77. The minimum atomic E-state index is 0.647. The Hall–Kier alpha value is -0.540. The van der Waals surface area contributed by atoms with Gasteiger partial charge in [-0.15, -0.1) is 0 Å². The molecule has 0 bridgehead atoms. The van der Waals surface area contributed by atoms with Crippen molar-refractivity contribution in [3.05, 3.63) is 28.2 Å². The van der Waals surface area contributed by atoms with Crippen LogP contribution < -0.4 is 10.6 Å². The third-order valence-corrected chi connectivity index (χ3v) is 4.05. The smallest absolute Gasteiger partial charge is 0.0413 e. The van der Waals surface area contributed by atoms with E-state index in [0.717, 1.165) is 26.1 Å². The molecule has 1 unspecified atom stereocenters. The van der Waals surface area contributed by atoms with Crippen molar-refractivity contribution >= 4 is 21.6 Å². The lowest BCUT2D eigenvalue weighted by Crippen LogP contribution is -2.21. The molecule has 1 aromatic rings. The minimum absolute atomic E-state index is 0.647. The summed E-state index contributed by atoms with van der Waals surface area (Å²) >= 11 is 3.68. The number of anilines is 1. The quantitative estimate of drug-likeness (QED) is 0.920. The van der Waals surface area contributed by atoms with Gasteiger partial charge in [-0.3, -0.25) is 0 Å². The third kappa shape index (κ3) is 2.11. The fraction of sp³-hybridized carbons (Fsp3) is 0.538. The Bertz CT molecular complexity index is 365. The van der Waals surface area contributed by atoms with E-state index in [0.29, 0.717) is 5.92 Å². The molecular formula is C13H19BrN2. The number of benzene rings is 1. The second-order valence-electron chi connectivity index (χ2n) is 4.34. The number of rotatable bonds is 4. The van der Waals surface area contributed by atoms with Crippen molar-refractivity contribution in [2.24, 2.45) is 5.73 Å². The number of nitrogens with zero attached hydrogens (tertiary/aromatic N) is 1. The Kier molecular flexibility index (Phi) is 3.87. The van der Waals surface area contributed by atoms with Crippen LogP contribution in [0.5, 0.6) is 0 Å². The SMILES string of the molecule is CCN1CC(CCCN)c2c(Br)cccc21. The molecule has 0 fully saturated rings. The van der Waals surface area contributed by atoms with Crippen LogP contribution in [0, 0.1) is 0 Å². The van der Waals surface area contributed by atoms with Crippen molar-refractivity contribution in [1.29, 1.82) is 0 Å². The summed E-state index contributed by atoms with van der Waals surface area (Å²) in [6, 6.07) is 6.50. The second-order valence-corrected chi connectivity index (χ2v) is 5.19. The van der Waals surface area contributed by atoms with E-state index in [2.05, 4.69) is 46.0 Å². The fourth-order valence-electron chi connectivity index (χ4n) is 2.56. The molecule has 2 rings (SSSR count). The molecule has 1 atom stereocenters. The summed E-state index contributed by atoms with van der Waals surface area (Å²) < 4.78 is 1.25. The van der Waals surface area contributed by atoms with E-state index < -0.39 is 0 Å². The maximum atomic E-state index is 5.61. The van der Waals surface area contributed by atoms with Crippen molar-refractivity contribution in [2.75, 3.05) is 24.5 Å². The number of nitrogens with two attached hydrogens (primary N) is 1. The van der Waals surface area contributed by atoms with Gasteiger partial charge in [-0.1, -0.05) is 22.0 Å². The van der Waals surface area contributed by atoms with Crippen molar-refractivity contribution < 1.29 is 0 Å². The lowest BCUT2D eigenvalue weighted by atomic mass is 9.96. The molecule has 2 N–H and O–H groups in total. The highest BCUT2D eigenvalue weighted by atomic mass is 79.9. The van der Waals surface area contributed by atoms with Gasteiger partial charge in [0.1, 0.15) is 0 Å². The molecule has 0 saturated heterocycles. The van der Waals surface area contributed by atoms with Gasteiger partial charge >= 0.3 is 0 Å². The Labute approximate surface area is 106 Å². The molecule has 2 nitrogen and oxygen atoms in total. The second kappa shape index (κ2) is 5.19. The zero-order chi connectivity index (χ0) is 11.5. The first kappa shape index (κ1) is 11.9. The molecule has 88 valence electrons. The van der Waals surface area contributed by atoms with Crippen LogP contribution in [0.25, 0.3) is 0 Å². The molecule has 1 aromatic carbocycles. The molecule has 0 aromatic heterocycles. The zero-order valence-corrected chi connectivity index (χ0v) is 11.3. The fourth-order valence-corrected chi connectivity index (χ4v) is 3.24. The maximum Gasteiger partial charge on any atom is 0.0413 e. The van der Waals surface area contributed by atoms with Crippen LogP contribution in [-0.4, -0.2) is 19.6 Å². The lowest BCUT2D eigenvalue weighted by Gasteiger charge is -2.16. The number of likely N-dealkylation sites (N-methyl/N-ethyl adjacent to an activating group) is 1. The number of fused-ring (bicyclic) bond motifs is 1. The van der Waals surface area contributed by atoms with Crippen LogP contribution in [0.3, 0.4) is 0 Å². The van der Waals surface area contributed by atoms with Crippen molar-refractivity contribution in [2.45, 2.75) is 25.7 Å². The summed E-state index contributed by atoms with van der Waals surface area (Å²) in [7, 11) is 0. The molecule has 1 heterocycles. The van der Waals surface area contributed by atoms with Crippen molar-refractivity contribution in [3.63, 3.8) is 0 Å². The van der Waals surface area contributed by atoms with Gasteiger partial charge in [0.15, 0.2) is 0 Å². The Morgan fingerprint density at radius 3 is 3.00 bits per heavy atom. The number of hydrogen-bond acceptors (Lipinski definition) is 2. The van der Waals surface area contributed by atoms with Crippen LogP contribution in [0.2, 0.25) is 0 Å². The molecule has 3 heteroatoms. The molecule has 16 heavy (non-hydrogen) atoms. The minimum Gasteiger partial charge on any atom is -0.371 e. The topological polar surface area (TPSA) is 29.3 Å². The molecule has 0 amide bonds. The van der Waals surface area contributed by atoms with E-state index in [1.165, 1.54) is 22.1 Å². The predicted octanol–water partition coefficient (Wildman–Crippen LogP) is 3.11. The average Bonchev–Trinajstić information content (AvgIpc) is 2.66. The van der Waals surface area contributed by atoms with Crippen LogP contribution in [-0.2, 0) is 0 Å². The number of hydrogen-bond donors (Lipinski definition) is 1. The van der Waals surface area contributed by atoms with Gasteiger partial charge in [-0.2, -0.15) is 0 Å². The summed E-state index contributed by atoms with van der Waals surface area (Å²) in [5.41, 5.74) is 8.49. The molecule has 1 aliphatic heterocycles. The van der Waals surface area contributed by atoms with Crippen LogP contribution in [0.15, 0.2) is 22.7 Å². The summed E-state index contributed by atoms with van der Waals surface area (Å²) in [6.07, 6.45) is 2.31. The highest BCUT2D eigenvalue weighted by molar-refractivity contribution is 9.10. The molecule has 0 saturated carbocycles. The van der Waals surface area contributed by atoms with Gasteiger partial charge in [0.25, 0.3) is 0 Å². The van der Waals surface area contributed by atoms with E-state index >= 15 is 0 Å². The highest BCUT2D eigenvalue weighted by Crippen LogP contribution is 2.42. The van der Waals surface area contributed by atoms with Gasteiger partial charge in [0.05, 0.1) is 0 Å². The van der Waals surface area contributed by atoms with Crippen molar-refractivity contribution in [3.8, 4) is 0 Å². The van der Waals surface area contributed by atoms with Crippen molar-refractivity contribution in [1.82, 2.24) is 0 Å². The van der Waals surface area contributed by atoms with E-state index in [1.807, 2.05) is 0 Å². The van der Waals surface area contributed by atoms with Crippen LogP contribution >= 0.6 is 15.9 Å². The normalized spacial score (nSPS) is 18.9. The lowest BCUT2D eigenvalue weighted by molar-refractivity contribution is 0.612.